The van der Waals surface area contributed by atoms with Gasteiger partial charge in [0.25, 0.3) is 5.91 Å². The number of amides is 1. The molecule has 1 heterocycles. The van der Waals surface area contributed by atoms with Crippen LogP contribution in [0.1, 0.15) is 16.1 Å². The maximum atomic E-state index is 13.6. The van der Waals surface area contributed by atoms with Crippen LogP contribution in [0, 0.1) is 5.82 Å². The minimum absolute atomic E-state index is 0.118. The van der Waals surface area contributed by atoms with Gasteiger partial charge in [-0.05, 0) is 30.3 Å². The van der Waals surface area contributed by atoms with Gasteiger partial charge in [0.05, 0.1) is 10.9 Å². The van der Waals surface area contributed by atoms with Gasteiger partial charge in [-0.2, -0.15) is 13.2 Å². The molecule has 4 nitrogen and oxygen atoms in total. The molecule has 0 atom stereocenters. The van der Waals surface area contributed by atoms with Gasteiger partial charge in [-0.15, -0.1) is 0 Å². The van der Waals surface area contributed by atoms with E-state index in [0.717, 1.165) is 12.1 Å². The molecular formula is C17H9F4NO3. The number of carbonyl (C=O) groups is 1. The summed E-state index contributed by atoms with van der Waals surface area (Å²) in [6, 6.07) is 9.17. The molecule has 0 aliphatic carbocycles. The fourth-order valence-electron chi connectivity index (χ4n) is 2.22. The average Bonchev–Trinajstić information content (AvgIpc) is 2.54. The summed E-state index contributed by atoms with van der Waals surface area (Å²) >= 11 is 0. The molecule has 1 amide bonds. The minimum Gasteiger partial charge on any atom is -0.451 e. The van der Waals surface area contributed by atoms with Crippen molar-refractivity contribution in [1.82, 2.24) is 0 Å². The molecule has 0 spiro atoms. The zero-order valence-corrected chi connectivity index (χ0v) is 12.4. The predicted molar refractivity (Wildman–Crippen MR) is 81.8 cm³/mol. The zero-order chi connectivity index (χ0) is 18.2. The second kappa shape index (κ2) is 6.04. The molecule has 3 rings (SSSR count). The highest BCUT2D eigenvalue weighted by molar-refractivity contribution is 6.05. The minimum atomic E-state index is -4.79. The first kappa shape index (κ1) is 16.7. The quantitative estimate of drug-likeness (QED) is 0.704. The van der Waals surface area contributed by atoms with E-state index in [4.69, 9.17) is 0 Å². The Hall–Kier alpha value is -3.16. The van der Waals surface area contributed by atoms with Gasteiger partial charge in [0.2, 0.25) is 5.76 Å². The van der Waals surface area contributed by atoms with E-state index in [1.165, 1.54) is 30.3 Å². The van der Waals surface area contributed by atoms with Gasteiger partial charge in [0.1, 0.15) is 11.4 Å². The summed E-state index contributed by atoms with van der Waals surface area (Å²) < 4.78 is 56.2. The van der Waals surface area contributed by atoms with Crippen LogP contribution in [-0.4, -0.2) is 5.91 Å². The normalized spacial score (nSPS) is 11.5. The van der Waals surface area contributed by atoms with Crippen LogP contribution in [0.2, 0.25) is 0 Å². The standard InChI is InChI=1S/C17H9F4NO3/c18-12-4-2-1-3-10(12)16(24)22-9-5-6-14-11(7-9)13(23)8-15(25-14)17(19,20)21/h1-8H,(H,22,24). The lowest BCUT2D eigenvalue weighted by Crippen LogP contribution is -2.14. The van der Waals surface area contributed by atoms with Gasteiger partial charge in [0.15, 0.2) is 5.43 Å². The summed E-state index contributed by atoms with van der Waals surface area (Å²) in [4.78, 5) is 23.9. The van der Waals surface area contributed by atoms with E-state index in [1.54, 1.807) is 0 Å². The first-order chi connectivity index (χ1) is 11.8. The van der Waals surface area contributed by atoms with Crippen molar-refractivity contribution in [3.63, 3.8) is 0 Å². The summed E-state index contributed by atoms with van der Waals surface area (Å²) in [5, 5.41) is 2.24. The molecule has 1 aromatic heterocycles. The molecule has 0 radical (unpaired) electrons. The highest BCUT2D eigenvalue weighted by atomic mass is 19.4. The van der Waals surface area contributed by atoms with Crippen molar-refractivity contribution in [3.8, 4) is 0 Å². The van der Waals surface area contributed by atoms with E-state index in [0.29, 0.717) is 6.07 Å². The van der Waals surface area contributed by atoms with E-state index in [2.05, 4.69) is 9.73 Å². The van der Waals surface area contributed by atoms with E-state index in [9.17, 15) is 27.2 Å². The van der Waals surface area contributed by atoms with Crippen molar-refractivity contribution in [2.24, 2.45) is 0 Å². The molecule has 3 aromatic rings. The van der Waals surface area contributed by atoms with Crippen LogP contribution in [-0.2, 0) is 6.18 Å². The Bertz CT molecular complexity index is 1020. The Morgan fingerprint density at radius 3 is 2.44 bits per heavy atom. The molecule has 0 unspecified atom stereocenters. The van der Waals surface area contributed by atoms with Crippen LogP contribution in [0.25, 0.3) is 11.0 Å². The maximum Gasteiger partial charge on any atom is 0.449 e. The average molecular weight is 351 g/mol. The molecule has 0 aliphatic heterocycles. The van der Waals surface area contributed by atoms with E-state index >= 15 is 0 Å². The zero-order valence-electron chi connectivity index (χ0n) is 12.4. The second-order valence-electron chi connectivity index (χ2n) is 5.12. The second-order valence-corrected chi connectivity index (χ2v) is 5.12. The number of anilines is 1. The number of carbonyl (C=O) groups excluding carboxylic acids is 1. The Labute approximate surface area is 137 Å². The fourth-order valence-corrected chi connectivity index (χ4v) is 2.22. The lowest BCUT2D eigenvalue weighted by Gasteiger charge is -2.09. The molecule has 0 aliphatic rings. The highest BCUT2D eigenvalue weighted by Gasteiger charge is 2.34. The molecule has 0 saturated carbocycles. The molecule has 1 N–H and O–H groups in total. The lowest BCUT2D eigenvalue weighted by molar-refractivity contribution is -0.152. The summed E-state index contributed by atoms with van der Waals surface area (Å²) in [5.74, 6) is -2.89. The van der Waals surface area contributed by atoms with Gasteiger partial charge in [-0.3, -0.25) is 9.59 Å². The van der Waals surface area contributed by atoms with Gasteiger partial charge in [-0.25, -0.2) is 4.39 Å². The third kappa shape index (κ3) is 3.37. The van der Waals surface area contributed by atoms with Crippen molar-refractivity contribution in [2.45, 2.75) is 6.18 Å². The Morgan fingerprint density at radius 2 is 1.76 bits per heavy atom. The molecule has 0 bridgehead atoms. The van der Waals surface area contributed by atoms with Crippen LogP contribution < -0.4 is 10.7 Å². The van der Waals surface area contributed by atoms with Crippen LogP contribution in [0.4, 0.5) is 23.2 Å². The number of fused-ring (bicyclic) bond motifs is 1. The Balaban J connectivity index is 1.97. The van der Waals surface area contributed by atoms with Crippen molar-refractivity contribution in [1.29, 1.82) is 0 Å². The van der Waals surface area contributed by atoms with Crippen molar-refractivity contribution in [2.75, 3.05) is 5.32 Å². The van der Waals surface area contributed by atoms with E-state index in [-0.39, 0.29) is 22.2 Å². The van der Waals surface area contributed by atoms with Crippen molar-refractivity contribution < 1.29 is 26.8 Å². The van der Waals surface area contributed by atoms with Crippen molar-refractivity contribution in [3.05, 3.63) is 75.9 Å². The number of rotatable bonds is 2. The molecule has 128 valence electrons. The third-order valence-corrected chi connectivity index (χ3v) is 3.38. The van der Waals surface area contributed by atoms with Gasteiger partial charge in [0, 0.05) is 11.8 Å². The molecule has 0 saturated heterocycles. The van der Waals surface area contributed by atoms with Crippen molar-refractivity contribution >= 4 is 22.6 Å². The molecule has 0 fully saturated rings. The lowest BCUT2D eigenvalue weighted by atomic mass is 10.1. The Morgan fingerprint density at radius 1 is 1.04 bits per heavy atom. The number of hydrogen-bond donors (Lipinski definition) is 1. The number of halogens is 4. The first-order valence-electron chi connectivity index (χ1n) is 6.97. The van der Waals surface area contributed by atoms with Gasteiger partial charge < -0.3 is 9.73 Å². The number of hydrogen-bond acceptors (Lipinski definition) is 3. The van der Waals surface area contributed by atoms with E-state index < -0.39 is 29.1 Å². The van der Waals surface area contributed by atoms with Crippen LogP contribution >= 0.6 is 0 Å². The highest BCUT2D eigenvalue weighted by Crippen LogP contribution is 2.30. The van der Waals surface area contributed by atoms with Gasteiger partial charge in [-0.1, -0.05) is 12.1 Å². The summed E-state index contributed by atoms with van der Waals surface area (Å²) in [5.41, 5.74) is -1.27. The summed E-state index contributed by atoms with van der Waals surface area (Å²) in [6.07, 6.45) is -4.79. The molecule has 2 aromatic carbocycles. The smallest absolute Gasteiger partial charge is 0.449 e. The monoisotopic (exact) mass is 351 g/mol. The number of benzene rings is 2. The molecular weight excluding hydrogens is 342 g/mol. The molecule has 8 heteroatoms. The summed E-state index contributed by atoms with van der Waals surface area (Å²) in [6.45, 7) is 0. The van der Waals surface area contributed by atoms with Crippen LogP contribution in [0.3, 0.4) is 0 Å². The largest absolute Gasteiger partial charge is 0.451 e. The van der Waals surface area contributed by atoms with E-state index in [1.807, 2.05) is 0 Å². The first-order valence-corrected chi connectivity index (χ1v) is 6.97. The Kier molecular flexibility index (Phi) is 4.03. The van der Waals surface area contributed by atoms with Crippen LogP contribution in [0.15, 0.2) is 57.7 Å². The number of alkyl halides is 3. The molecule has 25 heavy (non-hydrogen) atoms. The predicted octanol–water partition coefficient (Wildman–Crippen LogP) is 4.20. The fraction of sp³-hybridized carbons (Fsp3) is 0.0588. The third-order valence-electron chi connectivity index (χ3n) is 3.38. The topological polar surface area (TPSA) is 59.3 Å². The van der Waals surface area contributed by atoms with Gasteiger partial charge >= 0.3 is 6.18 Å². The van der Waals surface area contributed by atoms with Crippen LogP contribution in [0.5, 0.6) is 0 Å². The summed E-state index contributed by atoms with van der Waals surface area (Å²) in [7, 11) is 0. The maximum absolute atomic E-state index is 13.6. The number of nitrogens with one attached hydrogen (secondary N) is 1. The SMILES string of the molecule is O=C(Nc1ccc2oc(C(F)(F)F)cc(=O)c2c1)c1ccccc1F.